The van der Waals surface area contributed by atoms with Crippen LogP contribution in [0.2, 0.25) is 0 Å². The number of carbonyl (C=O) groups is 2. The van der Waals surface area contributed by atoms with Crippen molar-refractivity contribution in [3.05, 3.63) is 35.9 Å². The van der Waals surface area contributed by atoms with E-state index in [0.29, 0.717) is 39.4 Å². The Morgan fingerprint density at radius 3 is 2.14 bits per heavy atom. The number of benzene rings is 1. The number of carbonyl (C=O) groups excluding carboxylic acids is 2. The zero-order valence-electron chi connectivity index (χ0n) is 17.0. The van der Waals surface area contributed by atoms with Crippen LogP contribution in [0.15, 0.2) is 30.3 Å². The molecule has 2 aliphatic rings. The van der Waals surface area contributed by atoms with Gasteiger partial charge in [-0.2, -0.15) is 0 Å². The molecular formula is C21H32N4O3. The number of nitrogens with zero attached hydrogens (tertiary/aromatic N) is 4. The molecule has 0 saturated carbocycles. The lowest BCUT2D eigenvalue weighted by Crippen LogP contribution is -2.53. The highest BCUT2D eigenvalue weighted by Crippen LogP contribution is 2.18. The SMILES string of the molecule is CC(c1ccccc1)N(C)C(=O)CN1CCN(CC(=O)N2CCOCC2)CC1. The molecule has 2 saturated heterocycles. The van der Waals surface area contributed by atoms with Crippen molar-refractivity contribution in [3.63, 3.8) is 0 Å². The van der Waals surface area contributed by atoms with Gasteiger partial charge in [0.05, 0.1) is 32.3 Å². The summed E-state index contributed by atoms with van der Waals surface area (Å²) in [5, 5.41) is 0. The Morgan fingerprint density at radius 1 is 0.964 bits per heavy atom. The van der Waals surface area contributed by atoms with E-state index in [0.717, 1.165) is 31.7 Å². The van der Waals surface area contributed by atoms with Crippen LogP contribution in [-0.4, -0.2) is 104 Å². The van der Waals surface area contributed by atoms with E-state index in [-0.39, 0.29) is 17.9 Å². The quantitative estimate of drug-likeness (QED) is 0.718. The summed E-state index contributed by atoms with van der Waals surface area (Å²) in [6.07, 6.45) is 0. The van der Waals surface area contributed by atoms with Crippen LogP contribution in [0.25, 0.3) is 0 Å². The molecule has 7 heteroatoms. The molecule has 2 fully saturated rings. The van der Waals surface area contributed by atoms with Gasteiger partial charge in [0.25, 0.3) is 0 Å². The fourth-order valence-corrected chi connectivity index (χ4v) is 3.68. The number of hydrogen-bond acceptors (Lipinski definition) is 5. The molecule has 154 valence electrons. The average Bonchev–Trinajstić information content (AvgIpc) is 2.75. The lowest BCUT2D eigenvalue weighted by atomic mass is 10.1. The van der Waals surface area contributed by atoms with Gasteiger partial charge in [-0.25, -0.2) is 0 Å². The van der Waals surface area contributed by atoms with Crippen molar-refractivity contribution in [2.75, 3.05) is 72.6 Å². The van der Waals surface area contributed by atoms with Crippen molar-refractivity contribution in [3.8, 4) is 0 Å². The van der Waals surface area contributed by atoms with Crippen molar-refractivity contribution in [1.82, 2.24) is 19.6 Å². The molecule has 1 atom stereocenters. The van der Waals surface area contributed by atoms with Gasteiger partial charge in [-0.15, -0.1) is 0 Å². The molecule has 2 heterocycles. The second-order valence-corrected chi connectivity index (χ2v) is 7.64. The zero-order valence-corrected chi connectivity index (χ0v) is 17.0. The summed E-state index contributed by atoms with van der Waals surface area (Å²) in [5.74, 6) is 0.318. The Kier molecular flexibility index (Phi) is 7.42. The molecule has 1 aromatic rings. The molecule has 2 aliphatic heterocycles. The molecule has 1 unspecified atom stereocenters. The third-order valence-corrected chi connectivity index (χ3v) is 5.80. The highest BCUT2D eigenvalue weighted by molar-refractivity contribution is 5.79. The van der Waals surface area contributed by atoms with Crippen molar-refractivity contribution < 1.29 is 14.3 Å². The molecular weight excluding hydrogens is 356 g/mol. The lowest BCUT2D eigenvalue weighted by molar-refractivity contribution is -0.138. The molecule has 2 amide bonds. The van der Waals surface area contributed by atoms with Crippen molar-refractivity contribution in [2.24, 2.45) is 0 Å². The first kappa shape index (κ1) is 20.8. The monoisotopic (exact) mass is 388 g/mol. The van der Waals surface area contributed by atoms with Gasteiger partial charge >= 0.3 is 0 Å². The van der Waals surface area contributed by atoms with E-state index in [1.54, 1.807) is 0 Å². The molecule has 3 rings (SSSR count). The van der Waals surface area contributed by atoms with E-state index in [2.05, 4.69) is 28.9 Å². The molecule has 0 aliphatic carbocycles. The Morgan fingerprint density at radius 2 is 1.54 bits per heavy atom. The smallest absolute Gasteiger partial charge is 0.236 e. The summed E-state index contributed by atoms with van der Waals surface area (Å²) in [7, 11) is 1.87. The van der Waals surface area contributed by atoms with Crippen LogP contribution in [0.5, 0.6) is 0 Å². The van der Waals surface area contributed by atoms with Gasteiger partial charge in [-0.1, -0.05) is 30.3 Å². The third-order valence-electron chi connectivity index (χ3n) is 5.80. The maximum absolute atomic E-state index is 12.7. The average molecular weight is 389 g/mol. The van der Waals surface area contributed by atoms with Crippen LogP contribution in [0.1, 0.15) is 18.5 Å². The first-order valence-electron chi connectivity index (χ1n) is 10.2. The zero-order chi connectivity index (χ0) is 19.9. The van der Waals surface area contributed by atoms with E-state index in [4.69, 9.17) is 4.74 Å². The minimum Gasteiger partial charge on any atom is -0.378 e. The molecule has 0 N–H and O–H groups in total. The summed E-state index contributed by atoms with van der Waals surface area (Å²) in [6.45, 7) is 8.88. The van der Waals surface area contributed by atoms with Crippen LogP contribution in [0.3, 0.4) is 0 Å². The van der Waals surface area contributed by atoms with E-state index >= 15 is 0 Å². The number of rotatable bonds is 6. The van der Waals surface area contributed by atoms with Crippen LogP contribution in [-0.2, 0) is 14.3 Å². The van der Waals surface area contributed by atoms with Gasteiger partial charge in [-0.3, -0.25) is 19.4 Å². The second kappa shape index (κ2) is 10.0. The first-order valence-corrected chi connectivity index (χ1v) is 10.2. The normalized spacial score (nSPS) is 20.0. The van der Waals surface area contributed by atoms with E-state index in [9.17, 15) is 9.59 Å². The molecule has 7 nitrogen and oxygen atoms in total. The topological polar surface area (TPSA) is 56.3 Å². The lowest BCUT2D eigenvalue weighted by Gasteiger charge is -2.36. The maximum atomic E-state index is 12.7. The van der Waals surface area contributed by atoms with Gasteiger partial charge in [0.1, 0.15) is 0 Å². The summed E-state index contributed by atoms with van der Waals surface area (Å²) in [4.78, 5) is 33.2. The number of ether oxygens (including phenoxy) is 1. The fraction of sp³-hybridized carbons (Fsp3) is 0.619. The first-order chi connectivity index (χ1) is 13.5. The largest absolute Gasteiger partial charge is 0.378 e. The van der Waals surface area contributed by atoms with E-state index < -0.39 is 0 Å². The van der Waals surface area contributed by atoms with Gasteiger partial charge in [0.2, 0.25) is 11.8 Å². The Labute approximate surface area is 167 Å². The number of likely N-dealkylation sites (N-methyl/N-ethyl adjacent to an activating group) is 1. The maximum Gasteiger partial charge on any atom is 0.236 e. The van der Waals surface area contributed by atoms with Crippen molar-refractivity contribution in [2.45, 2.75) is 13.0 Å². The third kappa shape index (κ3) is 5.53. The predicted molar refractivity (Wildman–Crippen MR) is 108 cm³/mol. The molecule has 28 heavy (non-hydrogen) atoms. The van der Waals surface area contributed by atoms with Gasteiger partial charge in [0.15, 0.2) is 0 Å². The van der Waals surface area contributed by atoms with Crippen molar-refractivity contribution >= 4 is 11.8 Å². The number of piperazine rings is 1. The molecule has 0 aromatic heterocycles. The summed E-state index contributed by atoms with van der Waals surface area (Å²) < 4.78 is 5.31. The summed E-state index contributed by atoms with van der Waals surface area (Å²) in [5.41, 5.74) is 1.14. The van der Waals surface area contributed by atoms with Gasteiger partial charge in [0, 0.05) is 46.3 Å². The van der Waals surface area contributed by atoms with Crippen LogP contribution >= 0.6 is 0 Å². The van der Waals surface area contributed by atoms with Crippen molar-refractivity contribution in [1.29, 1.82) is 0 Å². The van der Waals surface area contributed by atoms with Crippen LogP contribution in [0, 0.1) is 0 Å². The van der Waals surface area contributed by atoms with Gasteiger partial charge < -0.3 is 14.5 Å². The minimum atomic E-state index is 0.0566. The molecule has 0 spiro atoms. The molecule has 1 aromatic carbocycles. The Hall–Kier alpha value is -1.96. The van der Waals surface area contributed by atoms with Gasteiger partial charge in [-0.05, 0) is 12.5 Å². The summed E-state index contributed by atoms with van der Waals surface area (Å²) in [6, 6.07) is 10.2. The highest BCUT2D eigenvalue weighted by Gasteiger charge is 2.25. The number of amides is 2. The minimum absolute atomic E-state index is 0.0566. The second-order valence-electron chi connectivity index (χ2n) is 7.64. The number of hydrogen-bond donors (Lipinski definition) is 0. The van der Waals surface area contributed by atoms with E-state index in [1.165, 1.54) is 0 Å². The van der Waals surface area contributed by atoms with Crippen LogP contribution < -0.4 is 0 Å². The summed E-state index contributed by atoms with van der Waals surface area (Å²) >= 11 is 0. The fourth-order valence-electron chi connectivity index (χ4n) is 3.68. The highest BCUT2D eigenvalue weighted by atomic mass is 16.5. The Balaban J connectivity index is 1.41. The Bertz CT molecular complexity index is 640. The number of morpholine rings is 1. The standard InChI is InChI=1S/C21H32N4O3/c1-18(19-6-4-3-5-7-19)22(2)20(26)16-23-8-10-24(11-9-23)17-21(27)25-12-14-28-15-13-25/h3-7,18H,8-17H2,1-2H3. The predicted octanol–water partition coefficient (Wildman–Crippen LogP) is 0.682. The molecule has 0 bridgehead atoms. The molecule has 0 radical (unpaired) electrons. The van der Waals surface area contributed by atoms with E-state index in [1.807, 2.05) is 35.0 Å². The van der Waals surface area contributed by atoms with Crippen LogP contribution in [0.4, 0.5) is 0 Å².